The van der Waals surface area contributed by atoms with Crippen molar-refractivity contribution in [1.29, 1.82) is 0 Å². The summed E-state index contributed by atoms with van der Waals surface area (Å²) in [6, 6.07) is 8.01. The Balaban J connectivity index is 1.83. The molecule has 0 amide bonds. The van der Waals surface area contributed by atoms with Crippen LogP contribution in [-0.2, 0) is 0 Å². The van der Waals surface area contributed by atoms with E-state index in [4.69, 9.17) is 4.74 Å². The standard InChI is InChI=1S/C20H31F3N4O/c1-4-24-19(26-17-10-12-27(13-17)14-20(21,22)23)25-11-9-15(2)16-5-7-18(28-3)8-6-16/h5-8,15,17H,4,9-14H2,1-3H3,(H2,24,25,26). The number of hydrogen-bond acceptors (Lipinski definition) is 3. The van der Waals surface area contributed by atoms with Crippen molar-refractivity contribution in [3.05, 3.63) is 29.8 Å². The first-order valence-electron chi connectivity index (χ1n) is 9.78. The lowest BCUT2D eigenvalue weighted by Gasteiger charge is -2.20. The summed E-state index contributed by atoms with van der Waals surface area (Å²) in [6.07, 6.45) is -2.58. The number of nitrogens with zero attached hydrogens (tertiary/aromatic N) is 2. The summed E-state index contributed by atoms with van der Waals surface area (Å²) in [7, 11) is 1.65. The quantitative estimate of drug-likeness (QED) is 0.519. The van der Waals surface area contributed by atoms with Crippen molar-refractivity contribution in [2.75, 3.05) is 39.8 Å². The number of ether oxygens (including phenoxy) is 1. The van der Waals surface area contributed by atoms with Crippen molar-refractivity contribution in [3.8, 4) is 5.75 Å². The second-order valence-corrected chi connectivity index (χ2v) is 7.20. The van der Waals surface area contributed by atoms with Crippen molar-refractivity contribution in [3.63, 3.8) is 0 Å². The Labute approximate surface area is 165 Å². The highest BCUT2D eigenvalue weighted by Gasteiger charge is 2.34. The maximum absolute atomic E-state index is 12.5. The third-order valence-electron chi connectivity index (χ3n) is 4.88. The van der Waals surface area contributed by atoms with Gasteiger partial charge >= 0.3 is 6.18 Å². The Morgan fingerprint density at radius 1 is 1.32 bits per heavy atom. The topological polar surface area (TPSA) is 48.9 Å². The third-order valence-corrected chi connectivity index (χ3v) is 4.88. The maximum Gasteiger partial charge on any atom is 0.401 e. The molecule has 2 unspecified atom stereocenters. The molecule has 0 radical (unpaired) electrons. The molecule has 2 N–H and O–H groups in total. The predicted octanol–water partition coefficient (Wildman–Crippen LogP) is 3.38. The largest absolute Gasteiger partial charge is 0.497 e. The van der Waals surface area contributed by atoms with Crippen LogP contribution < -0.4 is 15.4 Å². The molecular formula is C20H31F3N4O. The SMILES string of the molecule is CCNC(=NCCC(C)c1ccc(OC)cc1)NC1CCN(CC(F)(F)F)C1. The van der Waals surface area contributed by atoms with Crippen LogP contribution in [0.15, 0.2) is 29.3 Å². The van der Waals surface area contributed by atoms with Crippen molar-refractivity contribution < 1.29 is 17.9 Å². The molecule has 2 rings (SSSR count). The summed E-state index contributed by atoms with van der Waals surface area (Å²) < 4.78 is 42.8. The van der Waals surface area contributed by atoms with Gasteiger partial charge in [0, 0.05) is 32.2 Å². The first kappa shape index (κ1) is 22.3. The molecule has 1 aliphatic heterocycles. The Kier molecular flexibility index (Phi) is 8.41. The van der Waals surface area contributed by atoms with Gasteiger partial charge in [0.2, 0.25) is 0 Å². The molecule has 0 aliphatic carbocycles. The van der Waals surface area contributed by atoms with Crippen LogP contribution in [0.1, 0.15) is 38.2 Å². The summed E-state index contributed by atoms with van der Waals surface area (Å²) in [6.45, 7) is 5.46. The highest BCUT2D eigenvalue weighted by Crippen LogP contribution is 2.22. The Bertz CT molecular complexity index is 619. The molecule has 5 nitrogen and oxygen atoms in total. The van der Waals surface area contributed by atoms with E-state index in [9.17, 15) is 13.2 Å². The number of benzene rings is 1. The number of methoxy groups -OCH3 is 1. The minimum atomic E-state index is -4.15. The van der Waals surface area contributed by atoms with Crippen LogP contribution in [0.2, 0.25) is 0 Å². The molecule has 8 heteroatoms. The Morgan fingerprint density at radius 2 is 2.04 bits per heavy atom. The summed E-state index contributed by atoms with van der Waals surface area (Å²) in [5.41, 5.74) is 1.23. The van der Waals surface area contributed by atoms with Gasteiger partial charge in [-0.15, -0.1) is 0 Å². The molecule has 1 aliphatic rings. The number of guanidine groups is 1. The van der Waals surface area contributed by atoms with Crippen LogP contribution in [0.4, 0.5) is 13.2 Å². The predicted molar refractivity (Wildman–Crippen MR) is 106 cm³/mol. The maximum atomic E-state index is 12.5. The van der Waals surface area contributed by atoms with E-state index in [0.29, 0.717) is 44.5 Å². The van der Waals surface area contributed by atoms with Crippen molar-refractivity contribution in [1.82, 2.24) is 15.5 Å². The number of nitrogens with one attached hydrogen (secondary N) is 2. The minimum Gasteiger partial charge on any atom is -0.497 e. The van der Waals surface area contributed by atoms with Crippen molar-refractivity contribution in [2.24, 2.45) is 4.99 Å². The molecule has 0 saturated carbocycles. The number of hydrogen-bond donors (Lipinski definition) is 2. The molecule has 1 aromatic rings. The average Bonchev–Trinajstić information content (AvgIpc) is 3.06. The summed E-state index contributed by atoms with van der Waals surface area (Å²) >= 11 is 0. The summed E-state index contributed by atoms with van der Waals surface area (Å²) in [5, 5.41) is 6.46. The molecule has 1 saturated heterocycles. The molecule has 28 heavy (non-hydrogen) atoms. The van der Waals surface area contributed by atoms with Gasteiger partial charge in [0.1, 0.15) is 5.75 Å². The molecule has 1 heterocycles. The van der Waals surface area contributed by atoms with Crippen LogP contribution in [0.5, 0.6) is 5.75 Å². The van der Waals surface area contributed by atoms with E-state index in [0.717, 1.165) is 12.2 Å². The van der Waals surface area contributed by atoms with Crippen molar-refractivity contribution in [2.45, 2.75) is 44.8 Å². The number of halogens is 3. The molecule has 0 bridgehead atoms. The molecule has 0 aromatic heterocycles. The van der Waals surface area contributed by atoms with Gasteiger partial charge in [-0.2, -0.15) is 13.2 Å². The highest BCUT2D eigenvalue weighted by molar-refractivity contribution is 5.80. The fourth-order valence-corrected chi connectivity index (χ4v) is 3.33. The van der Waals surface area contributed by atoms with Gasteiger partial charge in [-0.1, -0.05) is 19.1 Å². The Hall–Kier alpha value is -1.96. The fourth-order valence-electron chi connectivity index (χ4n) is 3.33. The molecule has 1 aromatic carbocycles. The smallest absolute Gasteiger partial charge is 0.401 e. The molecule has 1 fully saturated rings. The molecule has 0 spiro atoms. The first-order valence-corrected chi connectivity index (χ1v) is 9.78. The zero-order chi connectivity index (χ0) is 20.6. The van der Waals surface area contributed by atoms with E-state index in [-0.39, 0.29) is 6.04 Å². The zero-order valence-corrected chi connectivity index (χ0v) is 16.9. The molecular weight excluding hydrogens is 369 g/mol. The first-order chi connectivity index (χ1) is 13.3. The van der Waals surface area contributed by atoms with E-state index >= 15 is 0 Å². The van der Waals surface area contributed by atoms with Crippen LogP contribution in [0.3, 0.4) is 0 Å². The van der Waals surface area contributed by atoms with E-state index < -0.39 is 12.7 Å². The highest BCUT2D eigenvalue weighted by atomic mass is 19.4. The normalized spacial score (nSPS) is 19.5. The number of aliphatic imine (C=N–C) groups is 1. The minimum absolute atomic E-state index is 0.0147. The number of likely N-dealkylation sites (tertiary alicyclic amines) is 1. The third kappa shape index (κ3) is 7.58. The molecule has 158 valence electrons. The monoisotopic (exact) mass is 400 g/mol. The van der Waals surface area contributed by atoms with Gasteiger partial charge < -0.3 is 15.4 Å². The second kappa shape index (κ2) is 10.5. The van der Waals surface area contributed by atoms with Gasteiger partial charge in [0.15, 0.2) is 5.96 Å². The van der Waals surface area contributed by atoms with Gasteiger partial charge in [-0.05, 0) is 43.4 Å². The molecule has 2 atom stereocenters. The Morgan fingerprint density at radius 3 is 2.64 bits per heavy atom. The van der Waals surface area contributed by atoms with E-state index in [1.807, 2.05) is 19.1 Å². The fraction of sp³-hybridized carbons (Fsp3) is 0.650. The van der Waals surface area contributed by atoms with Gasteiger partial charge in [-0.3, -0.25) is 9.89 Å². The van der Waals surface area contributed by atoms with E-state index in [2.05, 4.69) is 34.7 Å². The van der Waals surface area contributed by atoms with Crippen LogP contribution in [0, 0.1) is 0 Å². The number of rotatable bonds is 8. The van der Waals surface area contributed by atoms with Crippen LogP contribution >= 0.6 is 0 Å². The zero-order valence-electron chi connectivity index (χ0n) is 16.9. The second-order valence-electron chi connectivity index (χ2n) is 7.20. The van der Waals surface area contributed by atoms with Crippen molar-refractivity contribution >= 4 is 5.96 Å². The number of alkyl halides is 3. The average molecular weight is 400 g/mol. The van der Waals surface area contributed by atoms with Gasteiger partial charge in [0.25, 0.3) is 0 Å². The lowest BCUT2D eigenvalue weighted by molar-refractivity contribution is -0.143. The van der Waals surface area contributed by atoms with E-state index in [1.54, 1.807) is 7.11 Å². The van der Waals surface area contributed by atoms with Gasteiger partial charge in [-0.25, -0.2) is 0 Å². The summed E-state index contributed by atoms with van der Waals surface area (Å²) in [5.74, 6) is 1.86. The lowest BCUT2D eigenvalue weighted by Crippen LogP contribution is -2.45. The van der Waals surface area contributed by atoms with E-state index in [1.165, 1.54) is 10.5 Å². The summed E-state index contributed by atoms with van der Waals surface area (Å²) in [4.78, 5) is 6.04. The van der Waals surface area contributed by atoms with Crippen LogP contribution in [-0.4, -0.2) is 62.9 Å². The van der Waals surface area contributed by atoms with Crippen LogP contribution in [0.25, 0.3) is 0 Å². The van der Waals surface area contributed by atoms with Gasteiger partial charge in [0.05, 0.1) is 13.7 Å². The lowest BCUT2D eigenvalue weighted by atomic mass is 9.98.